The van der Waals surface area contributed by atoms with Crippen molar-refractivity contribution >= 4 is 17.0 Å². The lowest BCUT2D eigenvalue weighted by atomic mass is 10.0. The van der Waals surface area contributed by atoms with Gasteiger partial charge in [0.05, 0.1) is 24.6 Å². The average Bonchev–Trinajstić information content (AvgIpc) is 2.98. The molecular formula is C18H20FN5O. The number of rotatable bonds is 2. The maximum atomic E-state index is 13.7. The predicted octanol–water partition coefficient (Wildman–Crippen LogP) is 2.57. The Hall–Kier alpha value is -2.67. The molecule has 3 heterocycles. The van der Waals surface area contributed by atoms with E-state index in [4.69, 9.17) is 10.5 Å². The molecule has 25 heavy (non-hydrogen) atoms. The Balaban J connectivity index is 1.92. The van der Waals surface area contributed by atoms with E-state index < -0.39 is 5.82 Å². The molecule has 0 amide bonds. The molecule has 0 spiro atoms. The van der Waals surface area contributed by atoms with Crippen LogP contribution in [0.3, 0.4) is 0 Å². The van der Waals surface area contributed by atoms with Gasteiger partial charge in [0.25, 0.3) is 0 Å². The number of aryl methyl sites for hydroxylation is 2. The van der Waals surface area contributed by atoms with Crippen LogP contribution >= 0.6 is 0 Å². The number of benzene rings is 1. The van der Waals surface area contributed by atoms with Crippen LogP contribution in [0.1, 0.15) is 11.4 Å². The number of morpholine rings is 1. The summed E-state index contributed by atoms with van der Waals surface area (Å²) in [6.07, 6.45) is 1.92. The molecule has 0 atom stereocenters. The zero-order valence-corrected chi connectivity index (χ0v) is 14.3. The lowest BCUT2D eigenvalue weighted by molar-refractivity contribution is 0.123. The Bertz CT molecular complexity index is 946. The van der Waals surface area contributed by atoms with E-state index in [1.165, 1.54) is 6.07 Å². The molecule has 3 aromatic rings. The van der Waals surface area contributed by atoms with E-state index in [2.05, 4.69) is 21.0 Å². The summed E-state index contributed by atoms with van der Waals surface area (Å²) in [7, 11) is 0. The van der Waals surface area contributed by atoms with Gasteiger partial charge in [-0.05, 0) is 43.2 Å². The van der Waals surface area contributed by atoms with Gasteiger partial charge in [-0.1, -0.05) is 0 Å². The predicted molar refractivity (Wildman–Crippen MR) is 95.3 cm³/mol. The standard InChI is InChI=1S/C18H20FN5O/c1-11-7-15(19)16(20)9-14(11)13-8-17(23-3-5-25-6-4-23)18-21-12(2)22-24(18)10-13/h7-10H,3-6,20H2,1-2H3. The summed E-state index contributed by atoms with van der Waals surface area (Å²) in [6.45, 7) is 6.73. The van der Waals surface area contributed by atoms with E-state index in [1.54, 1.807) is 10.6 Å². The first-order valence-electron chi connectivity index (χ1n) is 8.28. The molecule has 2 N–H and O–H groups in total. The molecular weight excluding hydrogens is 321 g/mol. The fraction of sp³-hybridized carbons (Fsp3) is 0.333. The fourth-order valence-corrected chi connectivity index (χ4v) is 3.26. The maximum Gasteiger partial charge on any atom is 0.178 e. The van der Waals surface area contributed by atoms with Gasteiger partial charge in [0.15, 0.2) is 5.65 Å². The number of hydrogen-bond acceptors (Lipinski definition) is 5. The van der Waals surface area contributed by atoms with Gasteiger partial charge in [0.1, 0.15) is 11.6 Å². The molecule has 4 rings (SSSR count). The summed E-state index contributed by atoms with van der Waals surface area (Å²) >= 11 is 0. The first-order chi connectivity index (χ1) is 12.0. The highest BCUT2D eigenvalue weighted by atomic mass is 19.1. The molecule has 1 aromatic carbocycles. The fourth-order valence-electron chi connectivity index (χ4n) is 3.26. The second-order valence-corrected chi connectivity index (χ2v) is 6.33. The number of aromatic nitrogens is 3. The van der Waals surface area contributed by atoms with E-state index in [-0.39, 0.29) is 5.69 Å². The molecule has 1 fully saturated rings. The van der Waals surface area contributed by atoms with E-state index >= 15 is 0 Å². The van der Waals surface area contributed by atoms with Crippen molar-refractivity contribution in [2.24, 2.45) is 0 Å². The van der Waals surface area contributed by atoms with Crippen LogP contribution in [0.5, 0.6) is 0 Å². The number of hydrogen-bond donors (Lipinski definition) is 1. The summed E-state index contributed by atoms with van der Waals surface area (Å²) in [6, 6.07) is 5.23. The number of pyridine rings is 1. The minimum Gasteiger partial charge on any atom is -0.396 e. The number of halogens is 1. The number of nitrogen functional groups attached to an aromatic ring is 1. The highest BCUT2D eigenvalue weighted by Crippen LogP contribution is 2.32. The Kier molecular flexibility index (Phi) is 3.80. The minimum absolute atomic E-state index is 0.142. The molecule has 0 bridgehead atoms. The Labute approximate surface area is 145 Å². The van der Waals surface area contributed by atoms with Gasteiger partial charge in [0.2, 0.25) is 0 Å². The average molecular weight is 341 g/mol. The molecule has 2 aromatic heterocycles. The smallest absolute Gasteiger partial charge is 0.178 e. The van der Waals surface area contributed by atoms with Crippen LogP contribution in [-0.2, 0) is 4.74 Å². The quantitative estimate of drug-likeness (QED) is 0.726. The van der Waals surface area contributed by atoms with Gasteiger partial charge in [-0.15, -0.1) is 0 Å². The lowest BCUT2D eigenvalue weighted by Crippen LogP contribution is -2.36. The Morgan fingerprint density at radius 1 is 1.16 bits per heavy atom. The van der Waals surface area contributed by atoms with Crippen LogP contribution in [0.25, 0.3) is 16.8 Å². The summed E-state index contributed by atoms with van der Waals surface area (Å²) in [4.78, 5) is 6.81. The molecule has 1 aliphatic rings. The van der Waals surface area contributed by atoms with Crippen molar-refractivity contribution < 1.29 is 9.13 Å². The van der Waals surface area contributed by atoms with Gasteiger partial charge in [-0.3, -0.25) is 0 Å². The highest BCUT2D eigenvalue weighted by molar-refractivity contribution is 5.79. The van der Waals surface area contributed by atoms with Crippen LogP contribution in [-0.4, -0.2) is 40.9 Å². The number of nitrogens with two attached hydrogens (primary N) is 1. The minimum atomic E-state index is -0.396. The number of nitrogens with zero attached hydrogens (tertiary/aromatic N) is 4. The van der Waals surface area contributed by atoms with Crippen LogP contribution in [0.15, 0.2) is 24.4 Å². The largest absolute Gasteiger partial charge is 0.396 e. The second kappa shape index (κ2) is 6.00. The van der Waals surface area contributed by atoms with Crippen LogP contribution in [0.2, 0.25) is 0 Å². The normalized spacial score (nSPS) is 15.1. The topological polar surface area (TPSA) is 68.7 Å². The molecule has 130 valence electrons. The van der Waals surface area contributed by atoms with Crippen molar-refractivity contribution in [1.82, 2.24) is 14.6 Å². The third kappa shape index (κ3) is 2.80. The molecule has 0 radical (unpaired) electrons. The third-order valence-corrected chi connectivity index (χ3v) is 4.53. The van der Waals surface area contributed by atoms with Gasteiger partial charge >= 0.3 is 0 Å². The van der Waals surface area contributed by atoms with Crippen LogP contribution in [0.4, 0.5) is 15.8 Å². The number of ether oxygens (including phenoxy) is 1. The van der Waals surface area contributed by atoms with Crippen molar-refractivity contribution in [2.45, 2.75) is 13.8 Å². The second-order valence-electron chi connectivity index (χ2n) is 6.33. The monoisotopic (exact) mass is 341 g/mol. The summed E-state index contributed by atoms with van der Waals surface area (Å²) in [5.41, 5.74) is 10.4. The summed E-state index contributed by atoms with van der Waals surface area (Å²) < 4.78 is 21.0. The number of anilines is 2. The van der Waals surface area contributed by atoms with E-state index in [0.717, 1.165) is 41.1 Å². The molecule has 0 saturated carbocycles. The molecule has 1 saturated heterocycles. The zero-order chi connectivity index (χ0) is 17.6. The first-order valence-corrected chi connectivity index (χ1v) is 8.28. The zero-order valence-electron chi connectivity index (χ0n) is 14.3. The van der Waals surface area contributed by atoms with Crippen molar-refractivity contribution in [3.63, 3.8) is 0 Å². The van der Waals surface area contributed by atoms with Crippen molar-refractivity contribution in [2.75, 3.05) is 36.9 Å². The van der Waals surface area contributed by atoms with Gasteiger partial charge in [-0.2, -0.15) is 5.10 Å². The Morgan fingerprint density at radius 2 is 1.92 bits per heavy atom. The van der Waals surface area contributed by atoms with E-state index in [1.807, 2.05) is 20.0 Å². The van der Waals surface area contributed by atoms with E-state index in [0.29, 0.717) is 19.0 Å². The van der Waals surface area contributed by atoms with Gasteiger partial charge in [0, 0.05) is 24.8 Å². The molecule has 6 nitrogen and oxygen atoms in total. The Morgan fingerprint density at radius 3 is 2.68 bits per heavy atom. The maximum absolute atomic E-state index is 13.7. The third-order valence-electron chi connectivity index (χ3n) is 4.53. The van der Waals surface area contributed by atoms with Gasteiger partial charge < -0.3 is 15.4 Å². The first kappa shape index (κ1) is 15.8. The molecule has 0 unspecified atom stereocenters. The van der Waals surface area contributed by atoms with Crippen LogP contribution < -0.4 is 10.6 Å². The SMILES string of the molecule is Cc1nc2c(N3CCOCC3)cc(-c3cc(N)c(F)cc3C)cn2n1. The van der Waals surface area contributed by atoms with Crippen molar-refractivity contribution in [1.29, 1.82) is 0 Å². The highest BCUT2D eigenvalue weighted by Gasteiger charge is 2.19. The molecule has 7 heteroatoms. The summed E-state index contributed by atoms with van der Waals surface area (Å²) in [5.74, 6) is 0.314. The van der Waals surface area contributed by atoms with Crippen LogP contribution in [0, 0.1) is 19.7 Å². The van der Waals surface area contributed by atoms with Gasteiger partial charge in [-0.25, -0.2) is 13.9 Å². The van der Waals surface area contributed by atoms with Crippen molar-refractivity contribution in [3.8, 4) is 11.1 Å². The molecule has 0 aliphatic carbocycles. The summed E-state index contributed by atoms with van der Waals surface area (Å²) in [5, 5.41) is 4.47. The van der Waals surface area contributed by atoms with E-state index in [9.17, 15) is 4.39 Å². The molecule has 1 aliphatic heterocycles. The number of fused-ring (bicyclic) bond motifs is 1. The lowest BCUT2D eigenvalue weighted by Gasteiger charge is -2.29. The van der Waals surface area contributed by atoms with Crippen molar-refractivity contribution in [3.05, 3.63) is 41.6 Å².